The van der Waals surface area contributed by atoms with Crippen molar-refractivity contribution in [1.29, 1.82) is 0 Å². The van der Waals surface area contributed by atoms with Crippen LogP contribution in [-0.4, -0.2) is 24.3 Å². The fourth-order valence-corrected chi connectivity index (χ4v) is 3.98. The molecule has 4 aromatic rings. The van der Waals surface area contributed by atoms with Gasteiger partial charge in [-0.3, -0.25) is 0 Å². The molecule has 0 bridgehead atoms. The summed E-state index contributed by atoms with van der Waals surface area (Å²) in [5.74, 6) is 0.189. The lowest BCUT2D eigenvalue weighted by Crippen LogP contribution is -2.10. The predicted molar refractivity (Wildman–Crippen MR) is 145 cm³/mol. The van der Waals surface area contributed by atoms with E-state index in [0.717, 1.165) is 27.8 Å². The summed E-state index contributed by atoms with van der Waals surface area (Å²) in [7, 11) is 0. The van der Waals surface area contributed by atoms with Crippen molar-refractivity contribution in [3.8, 4) is 22.6 Å². The molecule has 4 nitrogen and oxygen atoms in total. The van der Waals surface area contributed by atoms with Gasteiger partial charge in [0, 0.05) is 5.02 Å². The molecule has 1 N–H and O–H groups in total. The van der Waals surface area contributed by atoms with Gasteiger partial charge in [-0.2, -0.15) is 0 Å². The van der Waals surface area contributed by atoms with Crippen molar-refractivity contribution in [2.45, 2.75) is 13.8 Å². The van der Waals surface area contributed by atoms with Crippen LogP contribution in [0.25, 0.3) is 16.7 Å². The number of aliphatic carboxylic acids is 1. The molecule has 0 atom stereocenters. The van der Waals surface area contributed by atoms with Gasteiger partial charge < -0.3 is 14.6 Å². The number of carboxylic acids is 1. The van der Waals surface area contributed by atoms with Gasteiger partial charge in [-0.1, -0.05) is 77.8 Å². The van der Waals surface area contributed by atoms with Crippen molar-refractivity contribution in [2.24, 2.45) is 0 Å². The third-order valence-corrected chi connectivity index (χ3v) is 6.02. The highest BCUT2D eigenvalue weighted by Crippen LogP contribution is 2.29. The minimum atomic E-state index is -1.01. The van der Waals surface area contributed by atoms with Crippen LogP contribution in [0.4, 0.5) is 0 Å². The molecule has 36 heavy (non-hydrogen) atoms. The molecule has 0 aromatic heterocycles. The maximum absolute atomic E-state index is 10.7. The van der Waals surface area contributed by atoms with Gasteiger partial charge in [-0.15, -0.1) is 0 Å². The van der Waals surface area contributed by atoms with E-state index in [1.54, 1.807) is 12.1 Å². The Morgan fingerprint density at radius 3 is 1.97 bits per heavy atom. The van der Waals surface area contributed by atoms with Crippen LogP contribution < -0.4 is 9.47 Å². The molecule has 0 saturated carbocycles. The normalized spacial score (nSPS) is 11.2. The van der Waals surface area contributed by atoms with E-state index in [2.05, 4.69) is 55.5 Å². The van der Waals surface area contributed by atoms with Gasteiger partial charge in [0.2, 0.25) is 0 Å². The van der Waals surface area contributed by atoms with E-state index in [1.165, 1.54) is 11.1 Å². The second-order valence-electron chi connectivity index (χ2n) is 8.49. The van der Waals surface area contributed by atoms with Crippen molar-refractivity contribution in [3.63, 3.8) is 0 Å². The Hall–Kier alpha value is -4.02. The lowest BCUT2D eigenvalue weighted by molar-refractivity contribution is -0.139. The second-order valence-corrected chi connectivity index (χ2v) is 8.93. The molecule has 0 amide bonds. The first-order valence-electron chi connectivity index (χ1n) is 11.6. The number of aryl methyl sites for hydroxylation is 2. The van der Waals surface area contributed by atoms with E-state index in [9.17, 15) is 4.79 Å². The van der Waals surface area contributed by atoms with E-state index < -0.39 is 5.97 Å². The number of carbonyl (C=O) groups is 1. The van der Waals surface area contributed by atoms with Gasteiger partial charge in [0.1, 0.15) is 18.1 Å². The van der Waals surface area contributed by atoms with Crippen LogP contribution in [0.5, 0.6) is 11.5 Å². The first kappa shape index (κ1) is 25.1. The number of hydrogen-bond donors (Lipinski definition) is 1. The zero-order valence-corrected chi connectivity index (χ0v) is 21.0. The Kier molecular flexibility index (Phi) is 8.09. The van der Waals surface area contributed by atoms with Crippen molar-refractivity contribution >= 4 is 23.1 Å². The molecule has 0 saturated heterocycles. The van der Waals surface area contributed by atoms with Gasteiger partial charge in [0.05, 0.1) is 0 Å². The maximum atomic E-state index is 10.7. The van der Waals surface area contributed by atoms with Gasteiger partial charge in [-0.05, 0) is 83.6 Å². The van der Waals surface area contributed by atoms with Gasteiger partial charge in [0.15, 0.2) is 6.61 Å². The number of benzene rings is 4. The Bertz CT molecular complexity index is 1360. The van der Waals surface area contributed by atoms with E-state index in [4.69, 9.17) is 26.2 Å². The summed E-state index contributed by atoms with van der Waals surface area (Å²) in [6.07, 6.45) is 2.05. The lowest BCUT2D eigenvalue weighted by atomic mass is 9.95. The molecule has 0 spiro atoms. The third-order valence-electron chi connectivity index (χ3n) is 5.77. The maximum Gasteiger partial charge on any atom is 0.341 e. The van der Waals surface area contributed by atoms with Crippen molar-refractivity contribution in [3.05, 3.63) is 124 Å². The van der Waals surface area contributed by atoms with Crippen molar-refractivity contribution in [2.75, 3.05) is 13.2 Å². The van der Waals surface area contributed by atoms with Crippen LogP contribution in [0.1, 0.15) is 22.3 Å². The fourth-order valence-electron chi connectivity index (χ4n) is 3.85. The smallest absolute Gasteiger partial charge is 0.341 e. The molecule has 0 unspecified atom stereocenters. The average molecular weight is 499 g/mol. The Morgan fingerprint density at radius 2 is 1.39 bits per heavy atom. The Morgan fingerprint density at radius 1 is 0.806 bits per heavy atom. The monoisotopic (exact) mass is 498 g/mol. The summed E-state index contributed by atoms with van der Waals surface area (Å²) in [6, 6.07) is 30.1. The molecular formula is C31H27ClO4. The minimum absolute atomic E-state index is 0.354. The Balaban J connectivity index is 1.55. The molecular weight excluding hydrogens is 472 g/mol. The topological polar surface area (TPSA) is 55.8 Å². The zero-order valence-electron chi connectivity index (χ0n) is 20.2. The van der Waals surface area contributed by atoms with Crippen LogP contribution in [0.2, 0.25) is 5.02 Å². The predicted octanol–water partition coefficient (Wildman–Crippen LogP) is 7.60. The third kappa shape index (κ3) is 6.55. The average Bonchev–Trinajstić information content (AvgIpc) is 2.87. The summed E-state index contributed by atoms with van der Waals surface area (Å²) in [4.78, 5) is 10.7. The number of hydrogen-bond acceptors (Lipinski definition) is 3. The van der Waals surface area contributed by atoms with Crippen LogP contribution in [0.3, 0.4) is 0 Å². The highest BCUT2D eigenvalue weighted by atomic mass is 35.5. The summed E-state index contributed by atoms with van der Waals surface area (Å²) < 4.78 is 11.3. The molecule has 0 fully saturated rings. The van der Waals surface area contributed by atoms with E-state index in [0.29, 0.717) is 23.1 Å². The quantitative estimate of drug-likeness (QED) is 0.258. The molecule has 4 aromatic carbocycles. The number of ether oxygens (including phenoxy) is 2. The standard InChI is InChI=1S/C31H27ClO4/c1-21-3-5-23(6-4-21)24-7-9-25(10-8-24)29(26-11-13-27(32)14-12-26)17-18-35-28-15-16-30(22(2)19-28)36-20-31(33)34/h3-17,19H,18,20H2,1-2H3,(H,33,34)/b29-17-. The van der Waals surface area contributed by atoms with Crippen LogP contribution in [0.15, 0.2) is 97.1 Å². The molecule has 0 aliphatic heterocycles. The highest BCUT2D eigenvalue weighted by Gasteiger charge is 2.08. The number of carboxylic acid groups (broad SMARTS) is 1. The van der Waals surface area contributed by atoms with Gasteiger partial charge in [0.25, 0.3) is 0 Å². The molecule has 182 valence electrons. The van der Waals surface area contributed by atoms with E-state index >= 15 is 0 Å². The summed E-state index contributed by atoms with van der Waals surface area (Å²) in [5.41, 5.74) is 7.54. The van der Waals surface area contributed by atoms with E-state index in [1.807, 2.05) is 43.3 Å². The fraction of sp³-hybridized carbons (Fsp3) is 0.129. The van der Waals surface area contributed by atoms with Crippen LogP contribution in [0, 0.1) is 13.8 Å². The van der Waals surface area contributed by atoms with Gasteiger partial charge >= 0.3 is 5.97 Å². The molecule has 0 aliphatic rings. The molecule has 0 heterocycles. The second kappa shape index (κ2) is 11.6. The summed E-state index contributed by atoms with van der Waals surface area (Å²) >= 11 is 6.13. The largest absolute Gasteiger partial charge is 0.489 e. The molecule has 4 rings (SSSR count). The molecule has 0 aliphatic carbocycles. The lowest BCUT2D eigenvalue weighted by Gasteiger charge is -2.12. The van der Waals surface area contributed by atoms with Crippen molar-refractivity contribution in [1.82, 2.24) is 0 Å². The number of halogens is 1. The highest BCUT2D eigenvalue weighted by molar-refractivity contribution is 6.30. The van der Waals surface area contributed by atoms with E-state index in [-0.39, 0.29) is 6.61 Å². The molecule has 5 heteroatoms. The minimum Gasteiger partial charge on any atom is -0.489 e. The first-order valence-corrected chi connectivity index (χ1v) is 12.0. The first-order chi connectivity index (χ1) is 17.4. The molecule has 0 radical (unpaired) electrons. The van der Waals surface area contributed by atoms with Crippen LogP contribution in [-0.2, 0) is 4.79 Å². The summed E-state index contributed by atoms with van der Waals surface area (Å²) in [6.45, 7) is 3.92. The van der Waals surface area contributed by atoms with Crippen LogP contribution >= 0.6 is 11.6 Å². The summed E-state index contributed by atoms with van der Waals surface area (Å²) in [5, 5.41) is 9.50. The Labute approximate surface area is 216 Å². The zero-order chi connectivity index (χ0) is 25.5. The SMILES string of the molecule is Cc1ccc(-c2ccc(/C(=C/COc3ccc(OCC(=O)O)c(C)c3)c3ccc(Cl)cc3)cc2)cc1. The number of rotatable bonds is 9. The van der Waals surface area contributed by atoms with Crippen molar-refractivity contribution < 1.29 is 19.4 Å². The van der Waals surface area contributed by atoms with Gasteiger partial charge in [-0.25, -0.2) is 4.79 Å².